The summed E-state index contributed by atoms with van der Waals surface area (Å²) in [5.41, 5.74) is 0. The fraction of sp³-hybridized carbons (Fsp3) is 0.700. The first kappa shape index (κ1) is 23.8. The maximum atomic E-state index is 11.9. The highest BCUT2D eigenvalue weighted by Gasteiger charge is 2.27. The van der Waals surface area contributed by atoms with E-state index in [0.717, 1.165) is 50.2 Å². The molecule has 0 aromatic carbocycles. The van der Waals surface area contributed by atoms with Crippen molar-refractivity contribution in [2.45, 2.75) is 71.4 Å². The van der Waals surface area contributed by atoms with Gasteiger partial charge in [0.15, 0.2) is 5.96 Å². The molecule has 1 unspecified atom stereocenters. The van der Waals surface area contributed by atoms with E-state index >= 15 is 0 Å². The van der Waals surface area contributed by atoms with E-state index in [0.29, 0.717) is 25.2 Å². The number of hydrogen-bond donors (Lipinski definition) is 2. The molecular formula is C20H34IN3O3. The van der Waals surface area contributed by atoms with Gasteiger partial charge in [0, 0.05) is 25.0 Å². The van der Waals surface area contributed by atoms with Crippen molar-refractivity contribution in [2.24, 2.45) is 10.9 Å². The van der Waals surface area contributed by atoms with Gasteiger partial charge in [-0.1, -0.05) is 6.92 Å². The van der Waals surface area contributed by atoms with Gasteiger partial charge in [0.25, 0.3) is 0 Å². The molecule has 6 nitrogen and oxygen atoms in total. The van der Waals surface area contributed by atoms with Gasteiger partial charge in [0.1, 0.15) is 5.76 Å². The highest BCUT2D eigenvalue weighted by atomic mass is 127. The van der Waals surface area contributed by atoms with Crippen molar-refractivity contribution < 1.29 is 13.9 Å². The van der Waals surface area contributed by atoms with Crippen LogP contribution in [0.1, 0.15) is 58.6 Å². The average Bonchev–Trinajstić information content (AvgIpc) is 3.15. The number of aliphatic imine (C=N–C) groups is 1. The number of guanidine groups is 1. The summed E-state index contributed by atoms with van der Waals surface area (Å²) in [6.07, 6.45) is 7.19. The van der Waals surface area contributed by atoms with Crippen molar-refractivity contribution in [3.63, 3.8) is 0 Å². The van der Waals surface area contributed by atoms with Crippen molar-refractivity contribution in [1.82, 2.24) is 10.6 Å². The predicted octanol–water partition coefficient (Wildman–Crippen LogP) is 3.90. The van der Waals surface area contributed by atoms with Crippen LogP contribution in [0, 0.1) is 5.92 Å². The minimum absolute atomic E-state index is 0. The monoisotopic (exact) mass is 491 g/mol. The van der Waals surface area contributed by atoms with Crippen LogP contribution >= 0.6 is 24.0 Å². The standard InChI is InChI=1S/C20H33N3O3.HI/c1-4-15(3)22-20(21-13-12-18-7-6-14-26-18)23-17-10-8-16(9-11-17)19(24)25-5-2;/h6-7,14-17H,4-5,8-13H2,1-3H3,(H2,21,22,23);1H. The largest absolute Gasteiger partial charge is 0.469 e. The second-order valence-corrected chi connectivity index (χ2v) is 6.96. The zero-order chi connectivity index (χ0) is 18.8. The predicted molar refractivity (Wildman–Crippen MR) is 119 cm³/mol. The van der Waals surface area contributed by atoms with E-state index in [2.05, 4.69) is 24.5 Å². The van der Waals surface area contributed by atoms with Crippen LogP contribution in [0.15, 0.2) is 27.8 Å². The molecule has 0 saturated heterocycles. The molecule has 154 valence electrons. The van der Waals surface area contributed by atoms with Crippen LogP contribution < -0.4 is 10.6 Å². The Balaban J connectivity index is 0.00000364. The number of furan rings is 1. The lowest BCUT2D eigenvalue weighted by Gasteiger charge is -2.29. The van der Waals surface area contributed by atoms with Crippen molar-refractivity contribution in [3.05, 3.63) is 24.2 Å². The van der Waals surface area contributed by atoms with Crippen LogP contribution in [-0.2, 0) is 16.0 Å². The molecule has 1 saturated carbocycles. The SMILES string of the molecule is CCOC(=O)C1CCC(NC(=NCCc2ccco2)NC(C)CC)CC1.I. The lowest BCUT2D eigenvalue weighted by Crippen LogP contribution is -2.48. The molecule has 1 aromatic rings. The Morgan fingerprint density at radius 1 is 1.33 bits per heavy atom. The molecule has 0 aliphatic heterocycles. The molecule has 2 rings (SSSR count). The van der Waals surface area contributed by atoms with Crippen LogP contribution in [0.4, 0.5) is 0 Å². The second-order valence-electron chi connectivity index (χ2n) is 6.96. The van der Waals surface area contributed by atoms with Crippen LogP contribution in [0.5, 0.6) is 0 Å². The Labute approximate surface area is 179 Å². The quantitative estimate of drug-likeness (QED) is 0.250. The molecule has 0 amide bonds. The molecule has 1 aliphatic carbocycles. The molecular weight excluding hydrogens is 457 g/mol. The van der Waals surface area contributed by atoms with E-state index in [1.165, 1.54) is 0 Å². The van der Waals surface area contributed by atoms with Crippen molar-refractivity contribution >= 4 is 35.9 Å². The number of carbonyl (C=O) groups excluding carboxylic acids is 1. The van der Waals surface area contributed by atoms with Gasteiger partial charge < -0.3 is 19.8 Å². The summed E-state index contributed by atoms with van der Waals surface area (Å²) in [5, 5.41) is 7.01. The molecule has 0 bridgehead atoms. The first-order chi connectivity index (χ1) is 12.6. The molecule has 1 heterocycles. The van der Waals surface area contributed by atoms with Gasteiger partial charge in [-0.05, 0) is 58.1 Å². The summed E-state index contributed by atoms with van der Waals surface area (Å²) < 4.78 is 10.5. The van der Waals surface area contributed by atoms with E-state index in [1.54, 1.807) is 6.26 Å². The lowest BCUT2D eigenvalue weighted by atomic mass is 9.86. The average molecular weight is 491 g/mol. The third-order valence-corrected chi connectivity index (χ3v) is 4.89. The summed E-state index contributed by atoms with van der Waals surface area (Å²) in [5.74, 6) is 1.81. The van der Waals surface area contributed by atoms with Crippen LogP contribution in [0.25, 0.3) is 0 Å². The Bertz CT molecular complexity index is 555. The van der Waals surface area contributed by atoms with Gasteiger partial charge in [0.2, 0.25) is 0 Å². The molecule has 2 N–H and O–H groups in total. The normalized spacial score (nSPS) is 21.1. The number of carbonyl (C=O) groups is 1. The van der Waals surface area contributed by atoms with Gasteiger partial charge in [0.05, 0.1) is 18.8 Å². The summed E-state index contributed by atoms with van der Waals surface area (Å²) in [6.45, 7) is 7.31. The number of hydrogen-bond acceptors (Lipinski definition) is 4. The van der Waals surface area contributed by atoms with Gasteiger partial charge in [-0.2, -0.15) is 0 Å². The highest BCUT2D eigenvalue weighted by molar-refractivity contribution is 14.0. The molecule has 0 spiro atoms. The topological polar surface area (TPSA) is 75.9 Å². The minimum Gasteiger partial charge on any atom is -0.469 e. The van der Waals surface area contributed by atoms with E-state index < -0.39 is 0 Å². The first-order valence-electron chi connectivity index (χ1n) is 9.88. The molecule has 1 aliphatic rings. The van der Waals surface area contributed by atoms with Gasteiger partial charge in [-0.25, -0.2) is 0 Å². The third kappa shape index (κ3) is 8.53. The zero-order valence-electron chi connectivity index (χ0n) is 16.7. The Morgan fingerprint density at radius 3 is 2.67 bits per heavy atom. The van der Waals surface area contributed by atoms with Crippen molar-refractivity contribution in [3.8, 4) is 0 Å². The Morgan fingerprint density at radius 2 is 2.07 bits per heavy atom. The summed E-state index contributed by atoms with van der Waals surface area (Å²) in [7, 11) is 0. The van der Waals surface area contributed by atoms with Gasteiger partial charge in [-0.15, -0.1) is 24.0 Å². The number of nitrogens with zero attached hydrogens (tertiary/aromatic N) is 1. The molecule has 1 atom stereocenters. The van der Waals surface area contributed by atoms with Gasteiger partial charge >= 0.3 is 5.97 Å². The Kier molecular flexibility index (Phi) is 11.5. The molecule has 1 fully saturated rings. The van der Waals surface area contributed by atoms with Crippen LogP contribution in [0.3, 0.4) is 0 Å². The lowest BCUT2D eigenvalue weighted by molar-refractivity contribution is -0.149. The zero-order valence-corrected chi connectivity index (χ0v) is 19.0. The van der Waals surface area contributed by atoms with Crippen LogP contribution in [-0.4, -0.2) is 37.2 Å². The van der Waals surface area contributed by atoms with Crippen LogP contribution in [0.2, 0.25) is 0 Å². The van der Waals surface area contributed by atoms with Crippen molar-refractivity contribution in [1.29, 1.82) is 0 Å². The number of rotatable bonds is 8. The highest BCUT2D eigenvalue weighted by Crippen LogP contribution is 2.25. The maximum Gasteiger partial charge on any atom is 0.308 e. The molecule has 7 heteroatoms. The van der Waals surface area contributed by atoms with E-state index in [1.807, 2.05) is 19.1 Å². The van der Waals surface area contributed by atoms with E-state index in [4.69, 9.17) is 14.1 Å². The first-order valence-corrected chi connectivity index (χ1v) is 9.88. The summed E-state index contributed by atoms with van der Waals surface area (Å²) in [4.78, 5) is 16.6. The molecule has 0 radical (unpaired) electrons. The number of esters is 1. The van der Waals surface area contributed by atoms with E-state index in [-0.39, 0.29) is 35.9 Å². The summed E-state index contributed by atoms with van der Waals surface area (Å²) >= 11 is 0. The second kappa shape index (κ2) is 13.0. The third-order valence-electron chi connectivity index (χ3n) is 4.89. The molecule has 1 aromatic heterocycles. The Hall–Kier alpha value is -1.25. The number of nitrogens with one attached hydrogen (secondary N) is 2. The van der Waals surface area contributed by atoms with Gasteiger partial charge in [-0.3, -0.25) is 9.79 Å². The fourth-order valence-corrected chi connectivity index (χ4v) is 3.13. The minimum atomic E-state index is -0.0454. The number of halogens is 1. The smallest absolute Gasteiger partial charge is 0.308 e. The maximum absolute atomic E-state index is 11.9. The van der Waals surface area contributed by atoms with E-state index in [9.17, 15) is 4.79 Å². The van der Waals surface area contributed by atoms with Crippen molar-refractivity contribution in [2.75, 3.05) is 13.2 Å². The summed E-state index contributed by atoms with van der Waals surface area (Å²) in [6, 6.07) is 4.58. The molecule has 27 heavy (non-hydrogen) atoms. The number of ether oxygens (including phenoxy) is 1. The fourth-order valence-electron chi connectivity index (χ4n) is 3.13.